The number of nitrogens with zero attached hydrogens (tertiary/aromatic N) is 1. The second kappa shape index (κ2) is 5.70. The molecule has 2 rings (SSSR count). The first-order chi connectivity index (χ1) is 9.49. The van der Waals surface area contributed by atoms with Crippen molar-refractivity contribution in [1.82, 2.24) is 0 Å². The maximum absolute atomic E-state index is 11.0. The van der Waals surface area contributed by atoms with E-state index in [1.807, 2.05) is 23.8 Å². The molecule has 0 fully saturated rings. The SMILES string of the molecule is CC(Nc1ccc(C(=O)O)cc1[N+](=O)[O-])c1ccsc1. The molecule has 0 aliphatic heterocycles. The van der Waals surface area contributed by atoms with Crippen LogP contribution in [0.5, 0.6) is 0 Å². The molecule has 0 spiro atoms. The third kappa shape index (κ3) is 2.94. The largest absolute Gasteiger partial charge is 0.478 e. The summed E-state index contributed by atoms with van der Waals surface area (Å²) in [5, 5.41) is 26.8. The van der Waals surface area contributed by atoms with E-state index < -0.39 is 10.9 Å². The van der Waals surface area contributed by atoms with Crippen molar-refractivity contribution in [3.63, 3.8) is 0 Å². The Morgan fingerprint density at radius 3 is 2.75 bits per heavy atom. The van der Waals surface area contributed by atoms with Crippen molar-refractivity contribution in [2.24, 2.45) is 0 Å². The number of carboxylic acid groups (broad SMARTS) is 1. The van der Waals surface area contributed by atoms with Crippen LogP contribution in [-0.2, 0) is 0 Å². The number of carboxylic acids is 1. The minimum atomic E-state index is -1.19. The molecule has 2 aromatic rings. The number of anilines is 1. The average Bonchev–Trinajstić information content (AvgIpc) is 2.92. The Bertz CT molecular complexity index is 640. The van der Waals surface area contributed by atoms with Gasteiger partial charge in [-0.3, -0.25) is 10.1 Å². The smallest absolute Gasteiger partial charge is 0.335 e. The quantitative estimate of drug-likeness (QED) is 0.649. The molecule has 104 valence electrons. The predicted molar refractivity (Wildman–Crippen MR) is 76.4 cm³/mol. The molecule has 0 bridgehead atoms. The van der Waals surface area contributed by atoms with Crippen molar-refractivity contribution in [2.75, 3.05) is 5.32 Å². The van der Waals surface area contributed by atoms with Crippen LogP contribution in [0.2, 0.25) is 0 Å². The number of nitro benzene ring substituents is 1. The van der Waals surface area contributed by atoms with E-state index in [0.29, 0.717) is 5.69 Å². The van der Waals surface area contributed by atoms with E-state index in [1.165, 1.54) is 12.1 Å². The van der Waals surface area contributed by atoms with Crippen LogP contribution in [0.15, 0.2) is 35.0 Å². The molecule has 1 atom stereocenters. The summed E-state index contributed by atoms with van der Waals surface area (Å²) in [6, 6.07) is 5.66. The first-order valence-electron chi connectivity index (χ1n) is 5.79. The molecule has 1 heterocycles. The number of rotatable bonds is 5. The fraction of sp³-hybridized carbons (Fsp3) is 0.154. The van der Waals surface area contributed by atoms with Gasteiger partial charge < -0.3 is 10.4 Å². The van der Waals surface area contributed by atoms with Gasteiger partial charge in [0.2, 0.25) is 0 Å². The molecule has 0 saturated heterocycles. The number of aromatic carboxylic acids is 1. The Hall–Kier alpha value is -2.41. The minimum absolute atomic E-state index is 0.101. The van der Waals surface area contributed by atoms with E-state index in [0.717, 1.165) is 11.6 Å². The zero-order valence-corrected chi connectivity index (χ0v) is 11.4. The van der Waals surface area contributed by atoms with E-state index in [4.69, 9.17) is 5.11 Å². The lowest BCUT2D eigenvalue weighted by molar-refractivity contribution is -0.384. The van der Waals surface area contributed by atoms with Gasteiger partial charge in [0, 0.05) is 12.1 Å². The maximum Gasteiger partial charge on any atom is 0.335 e. The third-order valence-corrected chi connectivity index (χ3v) is 3.56. The lowest BCUT2D eigenvalue weighted by Gasteiger charge is -2.14. The molecule has 1 aromatic heterocycles. The zero-order valence-electron chi connectivity index (χ0n) is 10.6. The highest BCUT2D eigenvalue weighted by Crippen LogP contribution is 2.29. The Balaban J connectivity index is 2.31. The van der Waals surface area contributed by atoms with Crippen LogP contribution in [0.25, 0.3) is 0 Å². The van der Waals surface area contributed by atoms with Crippen LogP contribution in [0.4, 0.5) is 11.4 Å². The fourth-order valence-electron chi connectivity index (χ4n) is 1.78. The number of hydrogen-bond acceptors (Lipinski definition) is 5. The number of hydrogen-bond donors (Lipinski definition) is 2. The number of nitrogens with one attached hydrogen (secondary N) is 1. The van der Waals surface area contributed by atoms with Gasteiger partial charge in [0.1, 0.15) is 5.69 Å². The summed E-state index contributed by atoms with van der Waals surface area (Å²) in [5.74, 6) is -1.19. The van der Waals surface area contributed by atoms with E-state index in [-0.39, 0.29) is 17.3 Å². The molecule has 6 nitrogen and oxygen atoms in total. The van der Waals surface area contributed by atoms with E-state index >= 15 is 0 Å². The molecule has 2 N–H and O–H groups in total. The summed E-state index contributed by atoms with van der Waals surface area (Å²) in [7, 11) is 0. The summed E-state index contributed by atoms with van der Waals surface area (Å²) in [4.78, 5) is 21.3. The Labute approximate surface area is 118 Å². The van der Waals surface area contributed by atoms with E-state index in [9.17, 15) is 14.9 Å². The van der Waals surface area contributed by atoms with Crippen molar-refractivity contribution < 1.29 is 14.8 Å². The molecule has 1 unspecified atom stereocenters. The highest BCUT2D eigenvalue weighted by molar-refractivity contribution is 7.07. The van der Waals surface area contributed by atoms with Gasteiger partial charge in [-0.2, -0.15) is 11.3 Å². The van der Waals surface area contributed by atoms with Crippen LogP contribution in [-0.4, -0.2) is 16.0 Å². The zero-order chi connectivity index (χ0) is 14.7. The Morgan fingerprint density at radius 2 is 2.20 bits per heavy atom. The van der Waals surface area contributed by atoms with Crippen LogP contribution < -0.4 is 5.32 Å². The van der Waals surface area contributed by atoms with E-state index in [1.54, 1.807) is 11.3 Å². The molecular formula is C13H12N2O4S. The summed E-state index contributed by atoms with van der Waals surface area (Å²) in [6.45, 7) is 1.89. The van der Waals surface area contributed by atoms with Crippen LogP contribution in [0.1, 0.15) is 28.9 Å². The molecule has 0 amide bonds. The highest BCUT2D eigenvalue weighted by Gasteiger charge is 2.19. The third-order valence-electron chi connectivity index (χ3n) is 2.86. The van der Waals surface area contributed by atoms with Gasteiger partial charge >= 0.3 is 5.97 Å². The van der Waals surface area contributed by atoms with Gasteiger partial charge in [-0.05, 0) is 41.4 Å². The lowest BCUT2D eigenvalue weighted by Crippen LogP contribution is -2.08. The molecule has 7 heteroatoms. The fourth-order valence-corrected chi connectivity index (χ4v) is 2.53. The Morgan fingerprint density at radius 1 is 1.45 bits per heavy atom. The first kappa shape index (κ1) is 14.0. The molecular weight excluding hydrogens is 280 g/mol. The van der Waals surface area contributed by atoms with Gasteiger partial charge in [-0.15, -0.1) is 0 Å². The van der Waals surface area contributed by atoms with Gasteiger partial charge in [-0.25, -0.2) is 4.79 Å². The summed E-state index contributed by atoms with van der Waals surface area (Å²) in [5.41, 5.74) is 0.975. The molecule has 0 aliphatic carbocycles. The van der Waals surface area contributed by atoms with Crippen molar-refractivity contribution >= 4 is 28.7 Å². The molecule has 1 aromatic carbocycles. The molecule has 0 saturated carbocycles. The van der Waals surface area contributed by atoms with Crippen LogP contribution in [0.3, 0.4) is 0 Å². The van der Waals surface area contributed by atoms with Crippen molar-refractivity contribution in [3.8, 4) is 0 Å². The monoisotopic (exact) mass is 292 g/mol. The second-order valence-electron chi connectivity index (χ2n) is 4.22. The van der Waals surface area contributed by atoms with Gasteiger partial charge in [0.05, 0.1) is 10.5 Å². The average molecular weight is 292 g/mol. The topological polar surface area (TPSA) is 92.5 Å². The Kier molecular flexibility index (Phi) is 3.99. The van der Waals surface area contributed by atoms with Crippen LogP contribution in [0, 0.1) is 10.1 Å². The molecule has 0 aliphatic rings. The number of carbonyl (C=O) groups is 1. The summed E-state index contributed by atoms with van der Waals surface area (Å²) in [6.07, 6.45) is 0. The van der Waals surface area contributed by atoms with Gasteiger partial charge in [0.25, 0.3) is 5.69 Å². The number of benzene rings is 1. The summed E-state index contributed by atoms with van der Waals surface area (Å²) >= 11 is 1.54. The summed E-state index contributed by atoms with van der Waals surface area (Å²) < 4.78 is 0. The van der Waals surface area contributed by atoms with Crippen molar-refractivity contribution in [2.45, 2.75) is 13.0 Å². The minimum Gasteiger partial charge on any atom is -0.478 e. The number of thiophene rings is 1. The lowest BCUT2D eigenvalue weighted by atomic mass is 10.1. The van der Waals surface area contributed by atoms with E-state index in [2.05, 4.69) is 5.32 Å². The normalized spacial score (nSPS) is 11.8. The highest BCUT2D eigenvalue weighted by atomic mass is 32.1. The van der Waals surface area contributed by atoms with Crippen molar-refractivity contribution in [1.29, 1.82) is 0 Å². The maximum atomic E-state index is 11.0. The molecule has 0 radical (unpaired) electrons. The van der Waals surface area contributed by atoms with Gasteiger partial charge in [0.15, 0.2) is 0 Å². The van der Waals surface area contributed by atoms with Crippen LogP contribution >= 0.6 is 11.3 Å². The number of nitro groups is 1. The molecule has 20 heavy (non-hydrogen) atoms. The predicted octanol–water partition coefficient (Wildman–Crippen LogP) is 3.53. The first-order valence-corrected chi connectivity index (χ1v) is 6.73. The standard InChI is InChI=1S/C13H12N2O4S/c1-8(10-4-5-20-7-10)14-11-3-2-9(13(16)17)6-12(11)15(18)19/h2-8,14H,1H3,(H,16,17). The van der Waals surface area contributed by atoms with Gasteiger partial charge in [-0.1, -0.05) is 0 Å². The second-order valence-corrected chi connectivity index (χ2v) is 5.00. The van der Waals surface area contributed by atoms with Crippen molar-refractivity contribution in [3.05, 3.63) is 56.3 Å².